The maximum Gasteiger partial charge on any atom is 0.229 e. The fourth-order valence-corrected chi connectivity index (χ4v) is 3.14. The van der Waals surface area contributed by atoms with E-state index in [1.807, 2.05) is 4.90 Å². The van der Waals surface area contributed by atoms with Crippen molar-refractivity contribution in [3.8, 4) is 0 Å². The summed E-state index contributed by atoms with van der Waals surface area (Å²) in [6, 6.07) is -0.000602. The van der Waals surface area contributed by atoms with Gasteiger partial charge in [-0.05, 0) is 32.1 Å². The average molecular weight is 277 g/mol. The number of aromatic nitrogens is 2. The Kier molecular flexibility index (Phi) is 2.98. The van der Waals surface area contributed by atoms with Crippen molar-refractivity contribution < 1.29 is 14.1 Å². The summed E-state index contributed by atoms with van der Waals surface area (Å²) in [5.41, 5.74) is 0. The molecular weight excluding hydrogens is 258 g/mol. The van der Waals surface area contributed by atoms with E-state index in [1.54, 1.807) is 0 Å². The molecule has 2 unspecified atom stereocenters. The molecule has 0 N–H and O–H groups in total. The number of amides is 1. The van der Waals surface area contributed by atoms with E-state index in [0.717, 1.165) is 44.5 Å². The van der Waals surface area contributed by atoms with Gasteiger partial charge in [0, 0.05) is 19.1 Å². The first kappa shape index (κ1) is 12.3. The second kappa shape index (κ2) is 4.84. The minimum absolute atomic E-state index is 0.000602. The van der Waals surface area contributed by atoms with E-state index in [4.69, 9.17) is 9.26 Å². The largest absolute Gasteiger partial charge is 0.381 e. The van der Waals surface area contributed by atoms with E-state index in [-0.39, 0.29) is 17.9 Å². The minimum Gasteiger partial charge on any atom is -0.381 e. The summed E-state index contributed by atoms with van der Waals surface area (Å²) >= 11 is 0. The summed E-state index contributed by atoms with van der Waals surface area (Å²) in [7, 11) is 0. The number of nitrogens with zero attached hydrogens (tertiary/aromatic N) is 3. The summed E-state index contributed by atoms with van der Waals surface area (Å²) in [6.07, 6.45) is 5.07. The monoisotopic (exact) mass is 277 g/mol. The molecule has 0 bridgehead atoms. The predicted octanol–water partition coefficient (Wildman–Crippen LogP) is 1.65. The Balaban J connectivity index is 1.51. The van der Waals surface area contributed by atoms with Crippen molar-refractivity contribution in [2.45, 2.75) is 44.1 Å². The Morgan fingerprint density at radius 3 is 2.90 bits per heavy atom. The quantitative estimate of drug-likeness (QED) is 0.840. The third-order valence-electron chi connectivity index (χ3n) is 4.50. The summed E-state index contributed by atoms with van der Waals surface area (Å²) < 4.78 is 10.7. The SMILES string of the molecule is O=C(C1CCOC1)N1CCCC1c1noc(C2CC2)n1. The van der Waals surface area contributed by atoms with Crippen LogP contribution in [0.5, 0.6) is 0 Å². The van der Waals surface area contributed by atoms with Crippen LogP contribution in [0.25, 0.3) is 0 Å². The molecule has 1 aliphatic carbocycles. The van der Waals surface area contributed by atoms with Crippen LogP contribution in [-0.4, -0.2) is 40.7 Å². The molecule has 0 spiro atoms. The summed E-state index contributed by atoms with van der Waals surface area (Å²) in [5, 5.41) is 4.11. The molecule has 1 saturated carbocycles. The summed E-state index contributed by atoms with van der Waals surface area (Å²) in [5.74, 6) is 2.12. The molecule has 20 heavy (non-hydrogen) atoms. The van der Waals surface area contributed by atoms with Crippen molar-refractivity contribution >= 4 is 5.91 Å². The number of ether oxygens (including phenoxy) is 1. The van der Waals surface area contributed by atoms with E-state index < -0.39 is 0 Å². The Hall–Kier alpha value is -1.43. The third-order valence-corrected chi connectivity index (χ3v) is 4.50. The van der Waals surface area contributed by atoms with Crippen LogP contribution in [0.15, 0.2) is 4.52 Å². The van der Waals surface area contributed by atoms with Gasteiger partial charge in [0.25, 0.3) is 0 Å². The number of carbonyl (C=O) groups is 1. The first-order valence-electron chi connectivity index (χ1n) is 7.54. The smallest absolute Gasteiger partial charge is 0.229 e. The van der Waals surface area contributed by atoms with Gasteiger partial charge in [0.15, 0.2) is 5.82 Å². The molecule has 2 saturated heterocycles. The van der Waals surface area contributed by atoms with E-state index >= 15 is 0 Å². The lowest BCUT2D eigenvalue weighted by Crippen LogP contribution is -2.36. The standard InChI is InChI=1S/C14H19N3O3/c18-14(10-5-7-19-8-10)17-6-1-2-11(17)12-15-13(20-16-12)9-3-4-9/h9-11H,1-8H2. The molecule has 3 aliphatic rings. The predicted molar refractivity (Wildman–Crippen MR) is 68.9 cm³/mol. The van der Waals surface area contributed by atoms with Gasteiger partial charge in [-0.1, -0.05) is 5.16 Å². The van der Waals surface area contributed by atoms with E-state index in [0.29, 0.717) is 25.0 Å². The number of hydrogen-bond acceptors (Lipinski definition) is 5. The molecule has 2 aliphatic heterocycles. The first-order chi connectivity index (χ1) is 9.83. The molecule has 6 nitrogen and oxygen atoms in total. The molecule has 1 aromatic rings. The molecule has 4 rings (SSSR count). The minimum atomic E-state index is -0.000602. The van der Waals surface area contributed by atoms with Crippen molar-refractivity contribution in [3.63, 3.8) is 0 Å². The number of carbonyl (C=O) groups excluding carboxylic acids is 1. The van der Waals surface area contributed by atoms with Gasteiger partial charge in [-0.3, -0.25) is 4.79 Å². The van der Waals surface area contributed by atoms with Crippen molar-refractivity contribution in [1.82, 2.24) is 15.0 Å². The van der Waals surface area contributed by atoms with E-state index in [9.17, 15) is 4.79 Å². The van der Waals surface area contributed by atoms with Gasteiger partial charge in [-0.2, -0.15) is 4.98 Å². The first-order valence-corrected chi connectivity index (χ1v) is 7.54. The lowest BCUT2D eigenvalue weighted by molar-refractivity contribution is -0.136. The fourth-order valence-electron chi connectivity index (χ4n) is 3.14. The molecule has 108 valence electrons. The van der Waals surface area contributed by atoms with E-state index in [2.05, 4.69) is 10.1 Å². The zero-order valence-corrected chi connectivity index (χ0v) is 11.5. The Labute approximate surface area is 117 Å². The van der Waals surface area contributed by atoms with Crippen molar-refractivity contribution in [1.29, 1.82) is 0 Å². The Morgan fingerprint density at radius 1 is 1.25 bits per heavy atom. The zero-order valence-electron chi connectivity index (χ0n) is 11.5. The van der Waals surface area contributed by atoms with Crippen molar-refractivity contribution in [2.24, 2.45) is 5.92 Å². The van der Waals surface area contributed by atoms with Gasteiger partial charge in [-0.15, -0.1) is 0 Å². The summed E-state index contributed by atoms with van der Waals surface area (Å²) in [6.45, 7) is 2.05. The molecule has 1 aromatic heterocycles. The highest BCUT2D eigenvalue weighted by atomic mass is 16.5. The molecule has 3 fully saturated rings. The molecular formula is C14H19N3O3. The molecule has 2 atom stereocenters. The number of hydrogen-bond donors (Lipinski definition) is 0. The lowest BCUT2D eigenvalue weighted by atomic mass is 10.1. The van der Waals surface area contributed by atoms with Crippen LogP contribution >= 0.6 is 0 Å². The zero-order chi connectivity index (χ0) is 13.5. The molecule has 6 heteroatoms. The highest BCUT2D eigenvalue weighted by Crippen LogP contribution is 2.40. The molecule has 3 heterocycles. The average Bonchev–Trinajstić information content (AvgIpc) is 2.97. The van der Waals surface area contributed by atoms with Crippen LogP contribution in [0, 0.1) is 5.92 Å². The lowest BCUT2D eigenvalue weighted by Gasteiger charge is -2.24. The van der Waals surface area contributed by atoms with Crippen LogP contribution in [0.4, 0.5) is 0 Å². The van der Waals surface area contributed by atoms with Crippen LogP contribution in [0.3, 0.4) is 0 Å². The maximum atomic E-state index is 12.5. The van der Waals surface area contributed by atoms with Crippen LogP contribution in [0.1, 0.15) is 55.8 Å². The van der Waals surface area contributed by atoms with Crippen LogP contribution < -0.4 is 0 Å². The highest BCUT2D eigenvalue weighted by Gasteiger charge is 2.38. The summed E-state index contributed by atoms with van der Waals surface area (Å²) in [4.78, 5) is 19.0. The fraction of sp³-hybridized carbons (Fsp3) is 0.786. The molecule has 0 radical (unpaired) electrons. The Bertz CT molecular complexity index is 506. The van der Waals surface area contributed by atoms with Gasteiger partial charge in [0.05, 0.1) is 18.6 Å². The normalized spacial score (nSPS) is 30.1. The van der Waals surface area contributed by atoms with Gasteiger partial charge < -0.3 is 14.2 Å². The van der Waals surface area contributed by atoms with Crippen molar-refractivity contribution in [2.75, 3.05) is 19.8 Å². The van der Waals surface area contributed by atoms with Gasteiger partial charge >= 0.3 is 0 Å². The highest BCUT2D eigenvalue weighted by molar-refractivity contribution is 5.79. The van der Waals surface area contributed by atoms with Crippen molar-refractivity contribution in [3.05, 3.63) is 11.7 Å². The third kappa shape index (κ3) is 2.12. The number of rotatable bonds is 3. The Morgan fingerprint density at radius 2 is 2.15 bits per heavy atom. The van der Waals surface area contributed by atoms with E-state index in [1.165, 1.54) is 0 Å². The topological polar surface area (TPSA) is 68.5 Å². The molecule has 1 amide bonds. The number of likely N-dealkylation sites (tertiary alicyclic amines) is 1. The second-order valence-corrected chi connectivity index (χ2v) is 6.02. The van der Waals surface area contributed by atoms with Crippen LogP contribution in [0.2, 0.25) is 0 Å². The maximum absolute atomic E-state index is 12.5. The van der Waals surface area contributed by atoms with Crippen LogP contribution in [-0.2, 0) is 9.53 Å². The van der Waals surface area contributed by atoms with Gasteiger partial charge in [-0.25, -0.2) is 0 Å². The van der Waals surface area contributed by atoms with Gasteiger partial charge in [0.1, 0.15) is 0 Å². The second-order valence-electron chi connectivity index (χ2n) is 6.02. The molecule has 0 aromatic carbocycles. The van der Waals surface area contributed by atoms with Gasteiger partial charge in [0.2, 0.25) is 11.8 Å².